The van der Waals surface area contributed by atoms with Gasteiger partial charge in [-0.05, 0) is 31.4 Å². The van der Waals surface area contributed by atoms with Crippen LogP contribution < -0.4 is 0 Å². The highest BCUT2D eigenvalue weighted by molar-refractivity contribution is 5.07. The van der Waals surface area contributed by atoms with E-state index >= 15 is 0 Å². The predicted molar refractivity (Wildman–Crippen MR) is 58.0 cm³/mol. The molecule has 0 unspecified atom stereocenters. The summed E-state index contributed by atoms with van der Waals surface area (Å²) in [6.45, 7) is 5.69. The van der Waals surface area contributed by atoms with E-state index < -0.39 is 0 Å². The number of hydrogen-bond donors (Lipinski definition) is 0. The van der Waals surface area contributed by atoms with Crippen LogP contribution in [0.5, 0.6) is 0 Å². The van der Waals surface area contributed by atoms with Crippen molar-refractivity contribution in [1.82, 2.24) is 4.57 Å². The van der Waals surface area contributed by atoms with E-state index in [-0.39, 0.29) is 0 Å². The molecule has 0 aromatic carbocycles. The van der Waals surface area contributed by atoms with Crippen molar-refractivity contribution in [2.45, 2.75) is 52.5 Å². The van der Waals surface area contributed by atoms with Crippen LogP contribution >= 0.6 is 0 Å². The summed E-state index contributed by atoms with van der Waals surface area (Å²) in [5, 5.41) is 0. The first kappa shape index (κ1) is 10.4. The van der Waals surface area contributed by atoms with Gasteiger partial charge in [0.2, 0.25) is 0 Å². The Bertz CT molecular complexity index is 202. The molecule has 0 atom stereocenters. The zero-order chi connectivity index (χ0) is 9.52. The summed E-state index contributed by atoms with van der Waals surface area (Å²) in [6.07, 6.45) is 8.64. The van der Waals surface area contributed by atoms with E-state index in [4.69, 9.17) is 0 Å². The third-order valence-corrected chi connectivity index (χ3v) is 2.46. The Balaban J connectivity index is 2.45. The number of aryl methyl sites for hydroxylation is 2. The molecule has 0 aliphatic carbocycles. The van der Waals surface area contributed by atoms with Gasteiger partial charge < -0.3 is 4.57 Å². The quantitative estimate of drug-likeness (QED) is 0.628. The standard InChI is InChI=1S/C12H21N/c1-3-5-8-12-9-7-11-13(12)10-6-4-2/h7,9,11H,3-6,8,10H2,1-2H3. The summed E-state index contributed by atoms with van der Waals surface area (Å²) in [7, 11) is 0. The zero-order valence-corrected chi connectivity index (χ0v) is 8.92. The highest BCUT2D eigenvalue weighted by Crippen LogP contribution is 2.08. The van der Waals surface area contributed by atoms with Crippen LogP contribution in [0.4, 0.5) is 0 Å². The van der Waals surface area contributed by atoms with Crippen molar-refractivity contribution < 1.29 is 0 Å². The third-order valence-electron chi connectivity index (χ3n) is 2.46. The zero-order valence-electron chi connectivity index (χ0n) is 8.92. The van der Waals surface area contributed by atoms with Crippen LogP contribution in [-0.2, 0) is 13.0 Å². The van der Waals surface area contributed by atoms with Gasteiger partial charge >= 0.3 is 0 Å². The fraction of sp³-hybridized carbons (Fsp3) is 0.667. The van der Waals surface area contributed by atoms with Crippen molar-refractivity contribution in [3.8, 4) is 0 Å². The molecule has 0 aliphatic rings. The summed E-state index contributed by atoms with van der Waals surface area (Å²) in [6, 6.07) is 4.42. The first-order valence-corrected chi connectivity index (χ1v) is 5.52. The second kappa shape index (κ2) is 5.85. The molecule has 0 amide bonds. The van der Waals surface area contributed by atoms with Crippen molar-refractivity contribution in [1.29, 1.82) is 0 Å². The minimum Gasteiger partial charge on any atom is -0.351 e. The number of nitrogens with zero attached hydrogens (tertiary/aromatic N) is 1. The lowest BCUT2D eigenvalue weighted by Crippen LogP contribution is -2.01. The molecule has 1 nitrogen and oxygen atoms in total. The van der Waals surface area contributed by atoms with E-state index in [9.17, 15) is 0 Å². The van der Waals surface area contributed by atoms with Crippen LogP contribution in [0.1, 0.15) is 45.2 Å². The van der Waals surface area contributed by atoms with Gasteiger partial charge in [-0.1, -0.05) is 26.7 Å². The molecule has 1 aromatic rings. The Kier molecular flexibility index (Phi) is 4.66. The SMILES string of the molecule is CCCCc1cccn1CCCC. The molecule has 0 saturated heterocycles. The Morgan fingerprint density at radius 3 is 2.62 bits per heavy atom. The Hall–Kier alpha value is -0.720. The van der Waals surface area contributed by atoms with E-state index in [2.05, 4.69) is 36.7 Å². The number of rotatable bonds is 6. The molecular formula is C12H21N. The van der Waals surface area contributed by atoms with Crippen LogP contribution in [0.3, 0.4) is 0 Å². The molecular weight excluding hydrogens is 158 g/mol. The number of unbranched alkanes of at least 4 members (excludes halogenated alkanes) is 2. The predicted octanol–water partition coefficient (Wildman–Crippen LogP) is 3.63. The lowest BCUT2D eigenvalue weighted by molar-refractivity contribution is 0.600. The maximum absolute atomic E-state index is 2.40. The van der Waals surface area contributed by atoms with Gasteiger partial charge in [-0.15, -0.1) is 0 Å². The van der Waals surface area contributed by atoms with Gasteiger partial charge in [-0.3, -0.25) is 0 Å². The fourth-order valence-electron chi connectivity index (χ4n) is 1.58. The maximum atomic E-state index is 2.40. The Morgan fingerprint density at radius 2 is 1.92 bits per heavy atom. The Labute approximate surface area is 81.8 Å². The molecule has 0 bridgehead atoms. The average Bonchev–Trinajstić information content (AvgIpc) is 2.59. The molecule has 1 rings (SSSR count). The van der Waals surface area contributed by atoms with Gasteiger partial charge in [0.25, 0.3) is 0 Å². The summed E-state index contributed by atoms with van der Waals surface area (Å²) >= 11 is 0. The van der Waals surface area contributed by atoms with Gasteiger partial charge in [-0.25, -0.2) is 0 Å². The first-order valence-electron chi connectivity index (χ1n) is 5.52. The second-order valence-corrected chi connectivity index (χ2v) is 3.65. The average molecular weight is 179 g/mol. The van der Waals surface area contributed by atoms with Gasteiger partial charge in [0, 0.05) is 18.4 Å². The van der Waals surface area contributed by atoms with E-state index in [1.165, 1.54) is 44.3 Å². The van der Waals surface area contributed by atoms with Crippen LogP contribution in [-0.4, -0.2) is 4.57 Å². The summed E-state index contributed by atoms with van der Waals surface area (Å²) < 4.78 is 2.40. The van der Waals surface area contributed by atoms with Crippen LogP contribution in [0, 0.1) is 0 Å². The van der Waals surface area contributed by atoms with Crippen molar-refractivity contribution in [2.75, 3.05) is 0 Å². The van der Waals surface area contributed by atoms with Crippen LogP contribution in [0.25, 0.3) is 0 Å². The highest BCUT2D eigenvalue weighted by atomic mass is 15.0. The monoisotopic (exact) mass is 179 g/mol. The van der Waals surface area contributed by atoms with Crippen molar-refractivity contribution in [2.24, 2.45) is 0 Å². The van der Waals surface area contributed by atoms with Crippen molar-refractivity contribution >= 4 is 0 Å². The third kappa shape index (κ3) is 3.25. The topological polar surface area (TPSA) is 4.93 Å². The molecule has 0 saturated carbocycles. The fourth-order valence-corrected chi connectivity index (χ4v) is 1.58. The van der Waals surface area contributed by atoms with Gasteiger partial charge in [0.05, 0.1) is 0 Å². The van der Waals surface area contributed by atoms with E-state index in [1.54, 1.807) is 0 Å². The minimum absolute atomic E-state index is 1.20. The smallest absolute Gasteiger partial charge is 0.0222 e. The molecule has 13 heavy (non-hydrogen) atoms. The maximum Gasteiger partial charge on any atom is 0.0222 e. The van der Waals surface area contributed by atoms with Crippen LogP contribution in [0.15, 0.2) is 18.3 Å². The Morgan fingerprint density at radius 1 is 1.15 bits per heavy atom. The second-order valence-electron chi connectivity index (χ2n) is 3.65. The molecule has 1 aromatic heterocycles. The largest absolute Gasteiger partial charge is 0.351 e. The van der Waals surface area contributed by atoms with Gasteiger partial charge in [0.15, 0.2) is 0 Å². The molecule has 74 valence electrons. The summed E-state index contributed by atoms with van der Waals surface area (Å²) in [5.74, 6) is 0. The molecule has 0 N–H and O–H groups in total. The molecule has 0 fully saturated rings. The van der Waals surface area contributed by atoms with Gasteiger partial charge in [-0.2, -0.15) is 0 Å². The van der Waals surface area contributed by atoms with E-state index in [0.29, 0.717) is 0 Å². The minimum atomic E-state index is 1.20. The molecule has 0 radical (unpaired) electrons. The van der Waals surface area contributed by atoms with Crippen molar-refractivity contribution in [3.63, 3.8) is 0 Å². The van der Waals surface area contributed by atoms with Gasteiger partial charge in [0.1, 0.15) is 0 Å². The number of aromatic nitrogens is 1. The molecule has 1 heterocycles. The van der Waals surface area contributed by atoms with Crippen molar-refractivity contribution in [3.05, 3.63) is 24.0 Å². The summed E-state index contributed by atoms with van der Waals surface area (Å²) in [4.78, 5) is 0. The van der Waals surface area contributed by atoms with E-state index in [0.717, 1.165) is 0 Å². The highest BCUT2D eigenvalue weighted by Gasteiger charge is 1.98. The normalized spacial score (nSPS) is 10.6. The molecule has 1 heteroatoms. The summed E-state index contributed by atoms with van der Waals surface area (Å²) in [5.41, 5.74) is 1.51. The van der Waals surface area contributed by atoms with Crippen LogP contribution in [0.2, 0.25) is 0 Å². The lowest BCUT2D eigenvalue weighted by Gasteiger charge is -2.07. The number of hydrogen-bond acceptors (Lipinski definition) is 0. The molecule has 0 aliphatic heterocycles. The lowest BCUT2D eigenvalue weighted by atomic mass is 10.2. The first-order chi connectivity index (χ1) is 6.38. The van der Waals surface area contributed by atoms with E-state index in [1.807, 2.05) is 0 Å². The molecule has 0 spiro atoms.